The standard InChI is InChI=1S/C23H23N3O4/c27-20-9-8-19(22(29)25-20)26-14-17-12-16(6-7-18(17)23(26)30)13-21(28)24-11-10-15-4-2-1-3-5-15/h1-7,12,19H,8-11,13-14H2,(H,24,28)(H,25,27,29). The predicted molar refractivity (Wildman–Crippen MR) is 109 cm³/mol. The monoisotopic (exact) mass is 405 g/mol. The van der Waals surface area contributed by atoms with Crippen LogP contribution in [0.5, 0.6) is 0 Å². The Bertz CT molecular complexity index is 1000. The molecule has 7 heteroatoms. The molecular weight excluding hydrogens is 382 g/mol. The molecule has 4 amide bonds. The minimum Gasteiger partial charge on any atom is -0.355 e. The molecule has 2 heterocycles. The van der Waals surface area contributed by atoms with Crippen LogP contribution >= 0.6 is 0 Å². The Kier molecular flexibility index (Phi) is 5.61. The highest BCUT2D eigenvalue weighted by Gasteiger charge is 2.39. The fourth-order valence-corrected chi connectivity index (χ4v) is 3.98. The first kappa shape index (κ1) is 19.8. The summed E-state index contributed by atoms with van der Waals surface area (Å²) in [5.41, 5.74) is 3.35. The summed E-state index contributed by atoms with van der Waals surface area (Å²) < 4.78 is 0. The lowest BCUT2D eigenvalue weighted by Gasteiger charge is -2.29. The van der Waals surface area contributed by atoms with Crippen molar-refractivity contribution in [3.05, 3.63) is 70.8 Å². The van der Waals surface area contributed by atoms with E-state index in [0.717, 1.165) is 17.5 Å². The molecule has 1 saturated heterocycles. The number of carbonyl (C=O) groups excluding carboxylic acids is 4. The van der Waals surface area contributed by atoms with Crippen molar-refractivity contribution in [3.63, 3.8) is 0 Å². The van der Waals surface area contributed by atoms with Crippen LogP contribution in [-0.4, -0.2) is 41.1 Å². The van der Waals surface area contributed by atoms with Crippen LogP contribution < -0.4 is 10.6 Å². The van der Waals surface area contributed by atoms with Crippen LogP contribution in [0.15, 0.2) is 48.5 Å². The van der Waals surface area contributed by atoms with E-state index in [4.69, 9.17) is 0 Å². The van der Waals surface area contributed by atoms with E-state index in [1.54, 1.807) is 12.1 Å². The molecule has 0 aliphatic carbocycles. The molecule has 2 aromatic carbocycles. The zero-order valence-electron chi connectivity index (χ0n) is 16.5. The number of hydrogen-bond donors (Lipinski definition) is 2. The van der Waals surface area contributed by atoms with Gasteiger partial charge in [0.1, 0.15) is 6.04 Å². The van der Waals surface area contributed by atoms with Gasteiger partial charge in [-0.3, -0.25) is 24.5 Å². The number of fused-ring (bicyclic) bond motifs is 1. The number of benzene rings is 2. The van der Waals surface area contributed by atoms with Crippen LogP contribution in [0.2, 0.25) is 0 Å². The summed E-state index contributed by atoms with van der Waals surface area (Å²) in [4.78, 5) is 50.0. The van der Waals surface area contributed by atoms with Gasteiger partial charge in [-0.2, -0.15) is 0 Å². The SMILES string of the molecule is O=C(Cc1ccc2c(c1)CN(C1CCC(=O)NC1=O)C2=O)NCCc1ccccc1. The van der Waals surface area contributed by atoms with Gasteiger partial charge in [-0.1, -0.05) is 42.5 Å². The van der Waals surface area contributed by atoms with Crippen LogP contribution in [0.3, 0.4) is 0 Å². The second-order valence-electron chi connectivity index (χ2n) is 7.65. The summed E-state index contributed by atoms with van der Waals surface area (Å²) in [6.07, 6.45) is 1.56. The van der Waals surface area contributed by atoms with E-state index in [1.807, 2.05) is 36.4 Å². The summed E-state index contributed by atoms with van der Waals surface area (Å²) in [6, 6.07) is 14.7. The Morgan fingerprint density at radius 2 is 1.87 bits per heavy atom. The summed E-state index contributed by atoms with van der Waals surface area (Å²) in [7, 11) is 0. The second-order valence-corrected chi connectivity index (χ2v) is 7.65. The lowest BCUT2D eigenvalue weighted by Crippen LogP contribution is -2.52. The molecule has 4 rings (SSSR count). The van der Waals surface area contributed by atoms with Gasteiger partial charge >= 0.3 is 0 Å². The highest BCUT2D eigenvalue weighted by Crippen LogP contribution is 2.28. The van der Waals surface area contributed by atoms with E-state index in [0.29, 0.717) is 25.1 Å². The molecule has 0 saturated carbocycles. The van der Waals surface area contributed by atoms with E-state index >= 15 is 0 Å². The maximum absolute atomic E-state index is 12.7. The Balaban J connectivity index is 1.35. The number of piperidine rings is 1. The minimum absolute atomic E-state index is 0.0720. The van der Waals surface area contributed by atoms with Gasteiger partial charge in [0.05, 0.1) is 6.42 Å². The molecule has 2 aromatic rings. The largest absolute Gasteiger partial charge is 0.355 e. The summed E-state index contributed by atoms with van der Waals surface area (Å²) in [5, 5.41) is 5.22. The lowest BCUT2D eigenvalue weighted by molar-refractivity contribution is -0.137. The molecule has 30 heavy (non-hydrogen) atoms. The van der Waals surface area contributed by atoms with E-state index in [9.17, 15) is 19.2 Å². The number of rotatable bonds is 6. The number of imide groups is 1. The van der Waals surface area contributed by atoms with Gasteiger partial charge in [-0.25, -0.2) is 0 Å². The quantitative estimate of drug-likeness (QED) is 0.709. The van der Waals surface area contributed by atoms with Crippen molar-refractivity contribution < 1.29 is 19.2 Å². The second kappa shape index (κ2) is 8.49. The van der Waals surface area contributed by atoms with Crippen LogP contribution in [0.25, 0.3) is 0 Å². The van der Waals surface area contributed by atoms with E-state index < -0.39 is 11.9 Å². The first-order valence-electron chi connectivity index (χ1n) is 10.1. The number of carbonyl (C=O) groups is 4. The smallest absolute Gasteiger partial charge is 0.255 e. The van der Waals surface area contributed by atoms with Crippen LogP contribution in [0, 0.1) is 0 Å². The first-order valence-corrected chi connectivity index (χ1v) is 10.1. The van der Waals surface area contributed by atoms with Crippen molar-refractivity contribution in [2.24, 2.45) is 0 Å². The predicted octanol–water partition coefficient (Wildman–Crippen LogP) is 1.35. The summed E-state index contributed by atoms with van der Waals surface area (Å²) in [6.45, 7) is 0.874. The molecule has 1 atom stereocenters. The van der Waals surface area contributed by atoms with Crippen LogP contribution in [0.1, 0.15) is 39.9 Å². The van der Waals surface area contributed by atoms with Gasteiger partial charge in [0.15, 0.2) is 0 Å². The molecule has 7 nitrogen and oxygen atoms in total. The van der Waals surface area contributed by atoms with Crippen molar-refractivity contribution >= 4 is 23.6 Å². The van der Waals surface area contributed by atoms with Crippen molar-refractivity contribution in [3.8, 4) is 0 Å². The average Bonchev–Trinajstić information content (AvgIpc) is 3.04. The average molecular weight is 405 g/mol. The molecule has 2 N–H and O–H groups in total. The molecule has 0 aromatic heterocycles. The molecule has 1 fully saturated rings. The van der Waals surface area contributed by atoms with Gasteiger partial charge < -0.3 is 10.2 Å². The number of nitrogens with zero attached hydrogens (tertiary/aromatic N) is 1. The number of hydrogen-bond acceptors (Lipinski definition) is 4. The van der Waals surface area contributed by atoms with E-state index in [1.165, 1.54) is 10.5 Å². The molecule has 0 bridgehead atoms. The molecule has 0 spiro atoms. The number of amides is 4. The topological polar surface area (TPSA) is 95.6 Å². The normalized spacial score (nSPS) is 18.2. The third-order valence-corrected chi connectivity index (χ3v) is 5.53. The summed E-state index contributed by atoms with van der Waals surface area (Å²) >= 11 is 0. The van der Waals surface area contributed by atoms with E-state index in [-0.39, 0.29) is 30.6 Å². The third kappa shape index (κ3) is 4.25. The fraction of sp³-hybridized carbons (Fsp3) is 0.304. The van der Waals surface area contributed by atoms with Gasteiger partial charge in [0.2, 0.25) is 17.7 Å². The maximum Gasteiger partial charge on any atom is 0.255 e. The molecule has 1 unspecified atom stereocenters. The lowest BCUT2D eigenvalue weighted by atomic mass is 10.0. The molecule has 2 aliphatic rings. The Hall–Kier alpha value is -3.48. The Labute approximate surface area is 174 Å². The van der Waals surface area contributed by atoms with E-state index in [2.05, 4.69) is 10.6 Å². The van der Waals surface area contributed by atoms with Gasteiger partial charge in [-0.05, 0) is 35.6 Å². The van der Waals surface area contributed by atoms with Crippen molar-refractivity contribution in [2.45, 2.75) is 38.3 Å². The van der Waals surface area contributed by atoms with Crippen LogP contribution in [0.4, 0.5) is 0 Å². The highest BCUT2D eigenvalue weighted by molar-refractivity contribution is 6.05. The molecular formula is C23H23N3O4. The molecule has 2 aliphatic heterocycles. The Morgan fingerprint density at radius 3 is 2.63 bits per heavy atom. The first-order chi connectivity index (χ1) is 14.5. The highest BCUT2D eigenvalue weighted by atomic mass is 16.2. The zero-order chi connectivity index (χ0) is 21.1. The molecule has 154 valence electrons. The van der Waals surface area contributed by atoms with Gasteiger partial charge in [0.25, 0.3) is 5.91 Å². The van der Waals surface area contributed by atoms with Crippen molar-refractivity contribution in [1.29, 1.82) is 0 Å². The third-order valence-electron chi connectivity index (χ3n) is 5.53. The fourth-order valence-electron chi connectivity index (χ4n) is 3.98. The van der Waals surface area contributed by atoms with Crippen molar-refractivity contribution in [2.75, 3.05) is 6.54 Å². The number of nitrogens with one attached hydrogen (secondary N) is 2. The van der Waals surface area contributed by atoms with Gasteiger partial charge in [-0.15, -0.1) is 0 Å². The van der Waals surface area contributed by atoms with Gasteiger partial charge in [0, 0.05) is 25.1 Å². The maximum atomic E-state index is 12.7. The van der Waals surface area contributed by atoms with Crippen LogP contribution in [-0.2, 0) is 33.8 Å². The minimum atomic E-state index is -0.632. The molecule has 0 radical (unpaired) electrons. The zero-order valence-corrected chi connectivity index (χ0v) is 16.5. The van der Waals surface area contributed by atoms with Crippen molar-refractivity contribution in [1.82, 2.24) is 15.5 Å². The summed E-state index contributed by atoms with van der Waals surface area (Å²) in [5.74, 6) is -1.01. The Morgan fingerprint density at radius 1 is 1.07 bits per heavy atom.